The van der Waals surface area contributed by atoms with E-state index < -0.39 is 20.7 Å². The smallest absolute Gasteiger partial charge is 0.387 e. The summed E-state index contributed by atoms with van der Waals surface area (Å²) in [7, 11) is -3.82. The maximum atomic E-state index is 11.4. The Morgan fingerprint density at radius 3 is 2.59 bits per heavy atom. The molecule has 1 aromatic carbocycles. The van der Waals surface area contributed by atoms with Crippen LogP contribution in [0.2, 0.25) is 0 Å². The molecule has 0 saturated heterocycles. The van der Waals surface area contributed by atoms with Crippen molar-refractivity contribution >= 4 is 26.8 Å². The number of esters is 2. The molecule has 0 spiro atoms. The molecule has 17 heavy (non-hydrogen) atoms. The Balaban J connectivity index is 2.30. The highest BCUT2D eigenvalue weighted by Gasteiger charge is 2.29. The molecule has 88 valence electrons. The lowest BCUT2D eigenvalue weighted by Crippen LogP contribution is -2.31. The van der Waals surface area contributed by atoms with Gasteiger partial charge in [0.15, 0.2) is 4.29 Å². The fourth-order valence-corrected chi connectivity index (χ4v) is 1.80. The fourth-order valence-electron chi connectivity index (χ4n) is 1.40. The molecular formula is C10H8O6Si. The van der Waals surface area contributed by atoms with Gasteiger partial charge in [0.25, 0.3) is 0 Å². The summed E-state index contributed by atoms with van der Waals surface area (Å²) in [6.07, 6.45) is 1.36. The number of hydrogen-bond acceptors (Lipinski definition) is 6. The van der Waals surface area contributed by atoms with Crippen LogP contribution in [0.5, 0.6) is 0 Å². The van der Waals surface area contributed by atoms with Crippen molar-refractivity contribution in [2.24, 2.45) is 0 Å². The van der Waals surface area contributed by atoms with Crippen LogP contribution in [0.3, 0.4) is 0 Å². The summed E-state index contributed by atoms with van der Waals surface area (Å²) in [6, 6.07) is 4.33. The summed E-state index contributed by atoms with van der Waals surface area (Å²) in [6.45, 7) is 0. The molecule has 1 aliphatic heterocycles. The summed E-state index contributed by atoms with van der Waals surface area (Å²) in [5, 5.41) is 0. The molecule has 0 fully saturated rings. The molecule has 0 atom stereocenters. The maximum absolute atomic E-state index is 11.4. The van der Waals surface area contributed by atoms with E-state index in [1.165, 1.54) is 24.3 Å². The first-order valence-corrected chi connectivity index (χ1v) is 6.38. The van der Waals surface area contributed by atoms with Crippen molar-refractivity contribution < 1.29 is 28.7 Å². The zero-order valence-electron chi connectivity index (χ0n) is 11.3. The van der Waals surface area contributed by atoms with Crippen molar-refractivity contribution in [3.63, 3.8) is 0 Å². The molecule has 6 nitrogen and oxygen atoms in total. The SMILES string of the molecule is [3H]O[Si](/C=C/c1ccc2c(c1)C(=O)OC2=O)(O[3H])O[3H]. The van der Waals surface area contributed by atoms with Gasteiger partial charge in [0, 0.05) is 0 Å². The van der Waals surface area contributed by atoms with Crippen LogP contribution in [0.1, 0.15) is 26.3 Å². The van der Waals surface area contributed by atoms with Gasteiger partial charge in [0.2, 0.25) is 0 Å². The molecule has 1 heterocycles. The predicted octanol–water partition coefficient (Wildman–Crippen LogP) is -0.535. The van der Waals surface area contributed by atoms with Crippen LogP contribution in [0.4, 0.5) is 0 Å². The van der Waals surface area contributed by atoms with Crippen LogP contribution < -0.4 is 0 Å². The number of benzene rings is 1. The second-order valence-electron chi connectivity index (χ2n) is 3.42. The molecule has 3 N–H and O–H groups in total. The van der Waals surface area contributed by atoms with Crippen LogP contribution in [-0.2, 0) is 4.74 Å². The summed E-state index contributed by atoms with van der Waals surface area (Å²) in [5.74, 6) is -1.45. The standard InChI is InChI=1S/C10H8O6Si/c11-9-7-2-1-6(3-4-17(13,14)15)5-8(7)10(12)16-9/h1-5,13-15H/b4-3+/i13T,14T,15T. The van der Waals surface area contributed by atoms with Gasteiger partial charge in [0.05, 0.1) is 11.1 Å². The third kappa shape index (κ3) is 2.48. The van der Waals surface area contributed by atoms with Gasteiger partial charge >= 0.3 is 20.7 Å². The topological polar surface area (TPSA) is 104 Å². The summed E-state index contributed by atoms with van der Waals surface area (Å²) in [5.41, 5.74) is 1.89. The summed E-state index contributed by atoms with van der Waals surface area (Å²) in [4.78, 5) is 35.0. The highest BCUT2D eigenvalue weighted by atomic mass is 28.4. The van der Waals surface area contributed by atoms with E-state index in [0.717, 1.165) is 5.70 Å². The molecule has 0 aromatic heterocycles. The van der Waals surface area contributed by atoms with E-state index >= 15 is 0 Å². The van der Waals surface area contributed by atoms with Crippen LogP contribution >= 0.6 is 0 Å². The van der Waals surface area contributed by atoms with Crippen molar-refractivity contribution in [1.82, 2.24) is 0 Å². The number of rotatable bonds is 5. The van der Waals surface area contributed by atoms with Crippen LogP contribution in [-0.4, -0.2) is 39.4 Å². The number of hydrogen-bond donors (Lipinski definition) is 3. The average molecular weight is 258 g/mol. The molecule has 0 bridgehead atoms. The van der Waals surface area contributed by atoms with Gasteiger partial charge in [-0.1, -0.05) is 12.1 Å². The zero-order valence-corrected chi connectivity index (χ0v) is 9.34. The van der Waals surface area contributed by atoms with E-state index in [1.807, 2.05) is 0 Å². The van der Waals surface area contributed by atoms with Crippen molar-refractivity contribution in [2.75, 3.05) is 0 Å². The molecule has 1 aliphatic rings. The number of cyclic esters (lactones) is 2. The minimum absolute atomic E-state index is 0.120. The lowest BCUT2D eigenvalue weighted by molar-refractivity contribution is 0.0443. The normalized spacial score (nSPS) is 17.5. The largest absolute Gasteiger partial charge is 0.521 e. The number of fused-ring (bicyclic) bond motifs is 1. The summed E-state index contributed by atoms with van der Waals surface area (Å²) < 4.78 is 24.7. The number of carbonyl (C=O) groups excluding carboxylic acids is 2. The minimum atomic E-state index is -3.82. The maximum Gasteiger partial charge on any atom is 0.521 e. The molecule has 7 heteroatoms. The third-order valence-electron chi connectivity index (χ3n) is 2.15. The van der Waals surface area contributed by atoms with Crippen LogP contribution in [0, 0.1) is 0 Å². The van der Waals surface area contributed by atoms with Gasteiger partial charge in [-0.05, 0) is 23.4 Å². The monoisotopic (exact) mass is 258 g/mol. The van der Waals surface area contributed by atoms with E-state index in [-0.39, 0.29) is 11.1 Å². The van der Waals surface area contributed by atoms with E-state index in [4.69, 9.17) is 4.29 Å². The van der Waals surface area contributed by atoms with Gasteiger partial charge in [-0.2, -0.15) is 0 Å². The molecule has 2 rings (SSSR count). The quantitative estimate of drug-likeness (QED) is 0.372. The first kappa shape index (κ1) is 8.31. The van der Waals surface area contributed by atoms with Gasteiger partial charge in [-0.15, -0.1) is 0 Å². The Morgan fingerprint density at radius 2 is 1.88 bits per heavy atom. The molecule has 0 aliphatic carbocycles. The Bertz CT molecular complexity index is 578. The van der Waals surface area contributed by atoms with Crippen molar-refractivity contribution in [3.05, 3.63) is 40.6 Å². The Morgan fingerprint density at radius 1 is 1.18 bits per heavy atom. The molecule has 0 amide bonds. The van der Waals surface area contributed by atoms with Crippen molar-refractivity contribution in [1.29, 1.82) is 4.29 Å². The van der Waals surface area contributed by atoms with Crippen LogP contribution in [0.25, 0.3) is 6.08 Å². The second-order valence-corrected chi connectivity index (χ2v) is 4.96. The van der Waals surface area contributed by atoms with Gasteiger partial charge in [0.1, 0.15) is 0 Å². The van der Waals surface area contributed by atoms with Crippen molar-refractivity contribution in [3.8, 4) is 0 Å². The highest BCUT2D eigenvalue weighted by molar-refractivity contribution is 6.62. The molecule has 0 radical (unpaired) electrons. The molecular weight excluding hydrogens is 244 g/mol. The van der Waals surface area contributed by atoms with Crippen LogP contribution in [0.15, 0.2) is 23.9 Å². The van der Waals surface area contributed by atoms with Gasteiger partial charge in [-0.25, -0.2) is 9.59 Å². The van der Waals surface area contributed by atoms with E-state index in [0.29, 0.717) is 5.56 Å². The second kappa shape index (κ2) is 3.89. The summed E-state index contributed by atoms with van der Waals surface area (Å²) >= 11 is 0. The van der Waals surface area contributed by atoms with E-state index in [1.54, 1.807) is 0 Å². The Labute approximate surface area is 101 Å². The highest BCUT2D eigenvalue weighted by Crippen LogP contribution is 2.21. The first-order valence-electron chi connectivity index (χ1n) is 5.80. The Kier molecular flexibility index (Phi) is 1.90. The molecule has 1 aromatic rings. The van der Waals surface area contributed by atoms with Gasteiger partial charge < -0.3 is 19.1 Å². The fraction of sp³-hybridized carbons (Fsp3) is 0. The average Bonchev–Trinajstić information content (AvgIpc) is 2.76. The minimum Gasteiger partial charge on any atom is -0.387 e. The molecule has 0 saturated carbocycles. The number of ether oxygens (including phenoxy) is 1. The van der Waals surface area contributed by atoms with Crippen molar-refractivity contribution in [2.45, 2.75) is 0 Å². The van der Waals surface area contributed by atoms with Gasteiger partial charge in [-0.3, -0.25) is 0 Å². The Hall–Kier alpha value is -1.80. The lowest BCUT2D eigenvalue weighted by atomic mass is 10.1. The van der Waals surface area contributed by atoms with E-state index in [2.05, 4.69) is 19.1 Å². The number of carbonyl (C=O) groups is 2. The zero-order chi connectivity index (χ0) is 14.8. The lowest BCUT2D eigenvalue weighted by Gasteiger charge is -2.01. The third-order valence-corrected chi connectivity index (χ3v) is 2.72. The predicted molar refractivity (Wildman–Crippen MR) is 57.6 cm³/mol. The van der Waals surface area contributed by atoms with E-state index in [9.17, 15) is 9.59 Å². The molecule has 0 unspecified atom stereocenters. The first-order chi connectivity index (χ1) is 9.55.